The lowest BCUT2D eigenvalue weighted by atomic mass is 10.1. The summed E-state index contributed by atoms with van der Waals surface area (Å²) in [5.41, 5.74) is 2.74. The monoisotopic (exact) mass is 356 g/mol. The maximum Gasteiger partial charge on any atom is 0.0996 e. The van der Waals surface area contributed by atoms with Gasteiger partial charge in [0.15, 0.2) is 0 Å². The van der Waals surface area contributed by atoms with Crippen LogP contribution >= 0.6 is 46.1 Å². The predicted octanol–water partition coefficient (Wildman–Crippen LogP) is 6.43. The molecule has 1 atom stereocenters. The van der Waals surface area contributed by atoms with Gasteiger partial charge in [0.05, 0.1) is 30.9 Å². The van der Waals surface area contributed by atoms with Crippen molar-refractivity contribution in [2.24, 2.45) is 0 Å². The minimum Gasteiger partial charge on any atom is -0.377 e. The number of thiophene rings is 1. The summed E-state index contributed by atoms with van der Waals surface area (Å²) in [6, 6.07) is 9.52. The Hall–Kier alpha value is -1.00. The number of fused-ring (bicyclic) bond motifs is 1. The first kappa shape index (κ1) is 14.9. The van der Waals surface area contributed by atoms with Crippen molar-refractivity contribution in [1.29, 1.82) is 0 Å². The number of aromatic nitrogens is 1. The Morgan fingerprint density at radius 1 is 1.19 bits per heavy atom. The Bertz CT molecular complexity index is 801. The maximum atomic E-state index is 6.21. The van der Waals surface area contributed by atoms with E-state index in [9.17, 15) is 0 Å². The number of halogens is 3. The molecular weight excluding hydrogens is 347 g/mol. The van der Waals surface area contributed by atoms with Crippen molar-refractivity contribution < 1.29 is 0 Å². The lowest BCUT2D eigenvalue weighted by molar-refractivity contribution is 0.892. The normalized spacial score (nSPS) is 12.6. The number of benzene rings is 1. The number of anilines is 1. The average Bonchev–Trinajstić information content (AvgIpc) is 2.81. The molecule has 3 aromatic rings. The molecule has 6 heteroatoms. The van der Waals surface area contributed by atoms with E-state index in [1.807, 2.05) is 37.3 Å². The highest BCUT2D eigenvalue weighted by Crippen LogP contribution is 2.37. The molecule has 3 rings (SSSR count). The van der Waals surface area contributed by atoms with Crippen molar-refractivity contribution in [3.05, 3.63) is 55.8 Å². The third kappa shape index (κ3) is 2.97. The minimum absolute atomic E-state index is 0.0210. The van der Waals surface area contributed by atoms with Crippen LogP contribution in [0.15, 0.2) is 36.5 Å². The van der Waals surface area contributed by atoms with Gasteiger partial charge in [-0.25, -0.2) is 0 Å². The Labute approximate surface area is 141 Å². The van der Waals surface area contributed by atoms with E-state index in [0.717, 1.165) is 22.2 Å². The highest BCUT2D eigenvalue weighted by molar-refractivity contribution is 7.20. The van der Waals surface area contributed by atoms with Crippen LogP contribution in [0.5, 0.6) is 0 Å². The summed E-state index contributed by atoms with van der Waals surface area (Å²) in [5, 5.41) is 5.03. The van der Waals surface area contributed by atoms with Gasteiger partial charge in [0.1, 0.15) is 0 Å². The summed E-state index contributed by atoms with van der Waals surface area (Å²) in [7, 11) is 0. The van der Waals surface area contributed by atoms with Gasteiger partial charge in [0, 0.05) is 17.1 Å². The smallest absolute Gasteiger partial charge is 0.0996 e. The summed E-state index contributed by atoms with van der Waals surface area (Å²) < 4.78 is 1.38. The topological polar surface area (TPSA) is 24.9 Å². The predicted molar refractivity (Wildman–Crippen MR) is 93.1 cm³/mol. The van der Waals surface area contributed by atoms with E-state index in [1.165, 1.54) is 11.3 Å². The Morgan fingerprint density at radius 3 is 2.71 bits per heavy atom. The van der Waals surface area contributed by atoms with Crippen molar-refractivity contribution in [3.63, 3.8) is 0 Å². The Balaban J connectivity index is 1.99. The fourth-order valence-corrected chi connectivity index (χ4v) is 4.07. The number of pyridine rings is 1. The third-order valence-electron chi connectivity index (χ3n) is 3.24. The third-order valence-corrected chi connectivity index (χ3v) is 5.09. The summed E-state index contributed by atoms with van der Waals surface area (Å²) in [5.74, 6) is 0. The van der Waals surface area contributed by atoms with E-state index in [2.05, 4.69) is 10.3 Å². The second-order valence-electron chi connectivity index (χ2n) is 4.64. The number of nitrogens with one attached hydrogen (secondary N) is 1. The van der Waals surface area contributed by atoms with Gasteiger partial charge in [-0.1, -0.05) is 34.8 Å². The number of hydrogen-bond acceptors (Lipinski definition) is 3. The molecule has 0 radical (unpaired) electrons. The van der Waals surface area contributed by atoms with E-state index < -0.39 is 0 Å². The van der Waals surface area contributed by atoms with Crippen LogP contribution in [0.25, 0.3) is 10.9 Å². The van der Waals surface area contributed by atoms with Crippen LogP contribution in [0.4, 0.5) is 5.69 Å². The second kappa shape index (κ2) is 6.01. The fourth-order valence-electron chi connectivity index (χ4n) is 2.21. The van der Waals surface area contributed by atoms with Crippen LogP contribution in [-0.2, 0) is 0 Å². The van der Waals surface area contributed by atoms with Crippen LogP contribution in [-0.4, -0.2) is 4.98 Å². The molecule has 0 aliphatic carbocycles. The highest BCUT2D eigenvalue weighted by atomic mass is 35.5. The molecule has 2 heterocycles. The fraction of sp³-hybridized carbons (Fsp3) is 0.133. The molecule has 0 amide bonds. The maximum absolute atomic E-state index is 6.21. The zero-order valence-electron chi connectivity index (χ0n) is 11.0. The van der Waals surface area contributed by atoms with Crippen LogP contribution < -0.4 is 5.32 Å². The van der Waals surface area contributed by atoms with Gasteiger partial charge in [0.2, 0.25) is 0 Å². The molecule has 0 aliphatic heterocycles. The van der Waals surface area contributed by atoms with Gasteiger partial charge in [-0.05, 0) is 37.3 Å². The first-order valence-corrected chi connectivity index (χ1v) is 8.26. The van der Waals surface area contributed by atoms with Gasteiger partial charge in [-0.2, -0.15) is 0 Å². The molecular formula is C15H11Cl3N2S. The van der Waals surface area contributed by atoms with Crippen LogP contribution in [0.3, 0.4) is 0 Å². The number of nitrogens with zero attached hydrogens (tertiary/aromatic N) is 1. The Morgan fingerprint density at radius 2 is 2.00 bits per heavy atom. The first-order valence-electron chi connectivity index (χ1n) is 6.31. The molecule has 0 bridgehead atoms. The summed E-state index contributed by atoms with van der Waals surface area (Å²) in [6.45, 7) is 2.04. The SMILES string of the molecule is CC(Nc1ccc(Cl)c2cccnc12)c1cc(Cl)sc1Cl. The molecule has 1 aromatic carbocycles. The van der Waals surface area contributed by atoms with Gasteiger partial charge in [-0.3, -0.25) is 4.98 Å². The van der Waals surface area contributed by atoms with E-state index in [1.54, 1.807) is 6.20 Å². The van der Waals surface area contributed by atoms with Gasteiger partial charge in [-0.15, -0.1) is 11.3 Å². The standard InChI is InChI=1S/C15H11Cl3N2S/c1-8(10-7-13(17)21-15(10)18)20-12-5-4-11(16)9-3-2-6-19-14(9)12/h2-8,20H,1H3. The van der Waals surface area contributed by atoms with E-state index >= 15 is 0 Å². The largest absolute Gasteiger partial charge is 0.377 e. The minimum atomic E-state index is 0.0210. The molecule has 0 fully saturated rings. The molecule has 0 saturated heterocycles. The number of rotatable bonds is 3. The van der Waals surface area contributed by atoms with Crippen molar-refractivity contribution >= 4 is 62.7 Å². The van der Waals surface area contributed by atoms with Crippen molar-refractivity contribution in [2.45, 2.75) is 13.0 Å². The Kier molecular flexibility index (Phi) is 4.27. The zero-order chi connectivity index (χ0) is 15.0. The molecule has 1 unspecified atom stereocenters. The summed E-state index contributed by atoms with van der Waals surface area (Å²) in [4.78, 5) is 4.41. The molecule has 0 aliphatic rings. The van der Waals surface area contributed by atoms with Crippen molar-refractivity contribution in [3.8, 4) is 0 Å². The molecule has 0 spiro atoms. The van der Waals surface area contributed by atoms with Gasteiger partial charge < -0.3 is 5.32 Å². The lowest BCUT2D eigenvalue weighted by Gasteiger charge is -2.16. The number of hydrogen-bond donors (Lipinski definition) is 1. The van der Waals surface area contributed by atoms with Crippen LogP contribution in [0.2, 0.25) is 13.7 Å². The summed E-state index contributed by atoms with van der Waals surface area (Å²) in [6.07, 6.45) is 1.75. The van der Waals surface area contributed by atoms with Gasteiger partial charge >= 0.3 is 0 Å². The zero-order valence-corrected chi connectivity index (χ0v) is 14.1. The molecule has 1 N–H and O–H groups in total. The average molecular weight is 358 g/mol. The van der Waals surface area contributed by atoms with Gasteiger partial charge in [0.25, 0.3) is 0 Å². The molecule has 108 valence electrons. The van der Waals surface area contributed by atoms with E-state index in [4.69, 9.17) is 34.8 Å². The summed E-state index contributed by atoms with van der Waals surface area (Å²) >= 11 is 19.8. The molecule has 2 nitrogen and oxygen atoms in total. The molecule has 0 saturated carbocycles. The van der Waals surface area contributed by atoms with Crippen molar-refractivity contribution in [1.82, 2.24) is 4.98 Å². The second-order valence-corrected chi connectivity index (χ2v) is 7.33. The molecule has 21 heavy (non-hydrogen) atoms. The van der Waals surface area contributed by atoms with E-state index in [-0.39, 0.29) is 6.04 Å². The van der Waals surface area contributed by atoms with Crippen LogP contribution in [0, 0.1) is 0 Å². The first-order chi connectivity index (χ1) is 10.1. The van der Waals surface area contributed by atoms with Crippen molar-refractivity contribution in [2.75, 3.05) is 5.32 Å². The molecule has 2 aromatic heterocycles. The van der Waals surface area contributed by atoms with E-state index in [0.29, 0.717) is 13.7 Å². The quantitative estimate of drug-likeness (QED) is 0.584. The highest BCUT2D eigenvalue weighted by Gasteiger charge is 2.15. The lowest BCUT2D eigenvalue weighted by Crippen LogP contribution is -2.06. The van der Waals surface area contributed by atoms with Crippen LogP contribution in [0.1, 0.15) is 18.5 Å².